The van der Waals surface area contributed by atoms with E-state index in [1.54, 1.807) is 69.3 Å². The molecular weight excluding hydrogens is 506 g/mol. The highest BCUT2D eigenvalue weighted by molar-refractivity contribution is 5.99. The van der Waals surface area contributed by atoms with Gasteiger partial charge >= 0.3 is 6.09 Å². The highest BCUT2D eigenvalue weighted by atomic mass is 16.6. The van der Waals surface area contributed by atoms with Crippen LogP contribution in [-0.2, 0) is 20.7 Å². The Morgan fingerprint density at radius 1 is 0.975 bits per heavy atom. The summed E-state index contributed by atoms with van der Waals surface area (Å²) < 4.78 is 5.44. The normalized spacial score (nSPS) is 12.5. The van der Waals surface area contributed by atoms with E-state index in [4.69, 9.17) is 4.74 Å². The van der Waals surface area contributed by atoms with Gasteiger partial charge < -0.3 is 25.4 Å². The van der Waals surface area contributed by atoms with Crippen molar-refractivity contribution in [2.75, 3.05) is 11.9 Å². The molecule has 0 aliphatic heterocycles. The van der Waals surface area contributed by atoms with Crippen LogP contribution < -0.4 is 10.6 Å². The van der Waals surface area contributed by atoms with Crippen molar-refractivity contribution >= 4 is 23.6 Å². The van der Waals surface area contributed by atoms with Gasteiger partial charge in [-0.25, -0.2) is 4.79 Å². The van der Waals surface area contributed by atoms with Crippen LogP contribution in [0.15, 0.2) is 91.5 Å². The molecule has 3 N–H and O–H groups in total. The Kier molecular flexibility index (Phi) is 10.1. The van der Waals surface area contributed by atoms with Crippen molar-refractivity contribution in [1.82, 2.24) is 10.2 Å². The molecule has 0 radical (unpaired) electrons. The summed E-state index contributed by atoms with van der Waals surface area (Å²) in [7, 11) is 0. The predicted octanol–water partition coefficient (Wildman–Crippen LogP) is 5.53. The van der Waals surface area contributed by atoms with Crippen molar-refractivity contribution in [3.63, 3.8) is 0 Å². The summed E-state index contributed by atoms with van der Waals surface area (Å²) in [5, 5.41) is 15.4. The third-order valence-electron chi connectivity index (χ3n) is 6.05. The zero-order valence-corrected chi connectivity index (χ0v) is 23.4. The number of hydrogen-bond donors (Lipinski definition) is 3. The Bertz CT molecular complexity index is 1320. The first-order valence-corrected chi connectivity index (χ1v) is 13.1. The van der Waals surface area contributed by atoms with Gasteiger partial charge in [-0.05, 0) is 62.6 Å². The largest absolute Gasteiger partial charge is 0.508 e. The van der Waals surface area contributed by atoms with Crippen LogP contribution in [0, 0.1) is 6.92 Å². The topological polar surface area (TPSA) is 108 Å². The van der Waals surface area contributed by atoms with Crippen molar-refractivity contribution in [2.45, 2.75) is 51.8 Å². The van der Waals surface area contributed by atoms with Crippen molar-refractivity contribution in [3.05, 3.63) is 108 Å². The zero-order valence-electron chi connectivity index (χ0n) is 23.4. The second-order valence-electron chi connectivity index (χ2n) is 10.5. The number of ether oxygens (including phenoxy) is 1. The number of carbonyl (C=O) groups is 3. The van der Waals surface area contributed by atoms with Gasteiger partial charge in [-0.15, -0.1) is 6.58 Å². The van der Waals surface area contributed by atoms with Gasteiger partial charge in [0.15, 0.2) is 0 Å². The first-order chi connectivity index (χ1) is 19.0. The predicted molar refractivity (Wildman–Crippen MR) is 156 cm³/mol. The Balaban J connectivity index is 2.02. The summed E-state index contributed by atoms with van der Waals surface area (Å²) in [5.74, 6) is -0.819. The van der Waals surface area contributed by atoms with Crippen molar-refractivity contribution in [1.29, 1.82) is 0 Å². The van der Waals surface area contributed by atoms with Gasteiger partial charge in [0.05, 0.1) is 0 Å². The van der Waals surface area contributed by atoms with Crippen LogP contribution in [0.2, 0.25) is 0 Å². The summed E-state index contributed by atoms with van der Waals surface area (Å²) in [4.78, 5) is 42.3. The van der Waals surface area contributed by atoms with E-state index in [1.807, 2.05) is 31.2 Å². The molecule has 0 bridgehead atoms. The molecule has 3 aromatic rings. The number of carbonyl (C=O) groups excluding carboxylic acids is 3. The molecule has 0 heterocycles. The van der Waals surface area contributed by atoms with Gasteiger partial charge in [0.25, 0.3) is 5.91 Å². The average molecular weight is 544 g/mol. The molecule has 8 heteroatoms. The zero-order chi connectivity index (χ0) is 29.3. The molecular formula is C32H37N3O5. The van der Waals surface area contributed by atoms with Crippen molar-refractivity contribution in [3.8, 4) is 5.75 Å². The molecule has 0 aliphatic rings. The molecule has 3 amide bonds. The van der Waals surface area contributed by atoms with Gasteiger partial charge in [-0.3, -0.25) is 9.59 Å². The number of amides is 3. The molecule has 8 nitrogen and oxygen atoms in total. The quantitative estimate of drug-likeness (QED) is 0.292. The standard InChI is InChI=1S/C32H37N3O5/c1-6-20-35(28(24-13-8-7-9-14-24)29(37)33-26-15-11-10-12-22(26)2)30(38)27(34-31(39)40-32(3,4)5)21-23-16-18-25(36)19-17-23/h6-19,27-28,36H,1,20-21H2,2-5H3,(H,33,37)(H,34,39). The molecule has 3 rings (SSSR count). The van der Waals surface area contributed by atoms with Crippen LogP contribution in [0.4, 0.5) is 10.5 Å². The maximum absolute atomic E-state index is 14.2. The van der Waals surface area contributed by atoms with Crippen molar-refractivity contribution in [2.24, 2.45) is 0 Å². The molecule has 0 saturated carbocycles. The van der Waals surface area contributed by atoms with Gasteiger partial charge in [-0.2, -0.15) is 0 Å². The number of nitrogens with zero attached hydrogens (tertiary/aromatic N) is 1. The Hall–Kier alpha value is -4.59. The first-order valence-electron chi connectivity index (χ1n) is 13.1. The highest BCUT2D eigenvalue weighted by Gasteiger charge is 2.36. The minimum absolute atomic E-state index is 0.0433. The van der Waals surface area contributed by atoms with Crippen LogP contribution in [-0.4, -0.2) is 46.1 Å². The van der Waals surface area contributed by atoms with E-state index in [0.717, 1.165) is 5.56 Å². The molecule has 2 unspecified atom stereocenters. The molecule has 3 aromatic carbocycles. The third-order valence-corrected chi connectivity index (χ3v) is 6.05. The number of benzene rings is 3. The molecule has 0 spiro atoms. The Morgan fingerprint density at radius 2 is 1.60 bits per heavy atom. The van der Waals surface area contributed by atoms with E-state index >= 15 is 0 Å². The number of nitrogens with one attached hydrogen (secondary N) is 2. The second-order valence-corrected chi connectivity index (χ2v) is 10.5. The smallest absolute Gasteiger partial charge is 0.408 e. The number of phenols is 1. The van der Waals surface area contributed by atoms with Gasteiger partial charge in [0.1, 0.15) is 23.4 Å². The third kappa shape index (κ3) is 8.46. The number of para-hydroxylation sites is 1. The molecule has 40 heavy (non-hydrogen) atoms. The summed E-state index contributed by atoms with van der Waals surface area (Å²) in [5.41, 5.74) is 2.03. The molecule has 210 valence electrons. The minimum Gasteiger partial charge on any atom is -0.508 e. The first kappa shape index (κ1) is 30.0. The summed E-state index contributed by atoms with van der Waals surface area (Å²) >= 11 is 0. The Morgan fingerprint density at radius 3 is 2.20 bits per heavy atom. The fourth-order valence-electron chi connectivity index (χ4n) is 4.20. The number of aromatic hydroxyl groups is 1. The summed E-state index contributed by atoms with van der Waals surface area (Å²) in [6, 6.07) is 20.6. The van der Waals surface area contributed by atoms with Gasteiger partial charge in [0, 0.05) is 18.7 Å². The highest BCUT2D eigenvalue weighted by Crippen LogP contribution is 2.26. The molecule has 2 atom stereocenters. The van der Waals surface area contributed by atoms with Crippen LogP contribution in [0.25, 0.3) is 0 Å². The average Bonchev–Trinajstić information content (AvgIpc) is 2.90. The molecule has 0 aliphatic carbocycles. The maximum Gasteiger partial charge on any atom is 0.408 e. The SMILES string of the molecule is C=CCN(C(=O)C(Cc1ccc(O)cc1)NC(=O)OC(C)(C)C)C(C(=O)Nc1ccccc1C)c1ccccc1. The fourth-order valence-corrected chi connectivity index (χ4v) is 4.20. The molecule has 0 aromatic heterocycles. The number of aryl methyl sites for hydroxylation is 1. The van der Waals surface area contributed by atoms with E-state index < -0.39 is 35.6 Å². The van der Waals surface area contributed by atoms with Crippen LogP contribution in [0.3, 0.4) is 0 Å². The van der Waals surface area contributed by atoms with E-state index in [-0.39, 0.29) is 18.7 Å². The van der Waals surface area contributed by atoms with E-state index in [9.17, 15) is 19.5 Å². The molecule has 0 saturated heterocycles. The maximum atomic E-state index is 14.2. The number of rotatable bonds is 10. The second kappa shape index (κ2) is 13.5. The van der Waals surface area contributed by atoms with E-state index in [0.29, 0.717) is 16.8 Å². The number of hydrogen-bond acceptors (Lipinski definition) is 5. The number of phenolic OH excluding ortho intramolecular Hbond substituents is 1. The lowest BCUT2D eigenvalue weighted by molar-refractivity contribution is -0.140. The van der Waals surface area contributed by atoms with Crippen LogP contribution in [0.1, 0.15) is 43.5 Å². The van der Waals surface area contributed by atoms with Crippen LogP contribution in [0.5, 0.6) is 5.75 Å². The van der Waals surface area contributed by atoms with Gasteiger partial charge in [-0.1, -0.05) is 66.7 Å². The summed E-state index contributed by atoms with van der Waals surface area (Å²) in [6.45, 7) is 10.9. The fraction of sp³-hybridized carbons (Fsp3) is 0.281. The van der Waals surface area contributed by atoms with E-state index in [1.165, 1.54) is 17.0 Å². The summed E-state index contributed by atoms with van der Waals surface area (Å²) in [6.07, 6.45) is 0.885. The lowest BCUT2D eigenvalue weighted by atomic mass is 10.00. The van der Waals surface area contributed by atoms with Gasteiger partial charge in [0.2, 0.25) is 5.91 Å². The van der Waals surface area contributed by atoms with Crippen molar-refractivity contribution < 1.29 is 24.2 Å². The van der Waals surface area contributed by atoms with Crippen LogP contribution >= 0.6 is 0 Å². The molecule has 0 fully saturated rings. The number of alkyl carbamates (subject to hydrolysis) is 1. The Labute approximate surface area is 235 Å². The lowest BCUT2D eigenvalue weighted by Crippen LogP contribution is -2.53. The number of anilines is 1. The minimum atomic E-state index is -1.07. The lowest BCUT2D eigenvalue weighted by Gasteiger charge is -2.34. The van der Waals surface area contributed by atoms with E-state index in [2.05, 4.69) is 17.2 Å². The monoisotopic (exact) mass is 543 g/mol.